The molecule has 1 aliphatic heterocycles. The first-order valence-electron chi connectivity index (χ1n) is 7.06. The maximum atomic E-state index is 4.78. The molecule has 0 radical (unpaired) electrons. The molecule has 0 amide bonds. The Labute approximate surface area is 108 Å². The van der Waals surface area contributed by atoms with Crippen molar-refractivity contribution in [1.29, 1.82) is 0 Å². The van der Waals surface area contributed by atoms with E-state index in [0.717, 1.165) is 19.5 Å². The Kier molecular flexibility index (Phi) is 3.33. The summed E-state index contributed by atoms with van der Waals surface area (Å²) in [4.78, 5) is 0. The summed E-state index contributed by atoms with van der Waals surface area (Å²) in [6, 6.07) is 9.19. The highest BCUT2D eigenvalue weighted by molar-refractivity contribution is 5.82. The zero-order valence-corrected chi connectivity index (χ0v) is 11.0. The lowest BCUT2D eigenvalue weighted by Crippen LogP contribution is -2.35. The van der Waals surface area contributed by atoms with Crippen LogP contribution in [0.15, 0.2) is 24.3 Å². The molecule has 96 valence electrons. The fourth-order valence-electron chi connectivity index (χ4n) is 2.92. The number of piperidine rings is 1. The number of benzene rings is 1. The van der Waals surface area contributed by atoms with Gasteiger partial charge in [-0.15, -0.1) is 0 Å². The molecule has 3 nitrogen and oxygen atoms in total. The Morgan fingerprint density at radius 2 is 2.22 bits per heavy atom. The average Bonchev–Trinajstić information content (AvgIpc) is 2.78. The molecule has 1 N–H and O–H groups in total. The molecule has 1 fully saturated rings. The first-order chi connectivity index (χ1) is 8.88. The fourth-order valence-corrected chi connectivity index (χ4v) is 2.92. The van der Waals surface area contributed by atoms with Gasteiger partial charge in [0.1, 0.15) is 0 Å². The highest BCUT2D eigenvalue weighted by Crippen LogP contribution is 2.21. The van der Waals surface area contributed by atoms with E-state index < -0.39 is 0 Å². The molecule has 1 aromatic heterocycles. The Hall–Kier alpha value is -1.35. The molecule has 2 heterocycles. The van der Waals surface area contributed by atoms with Crippen LogP contribution in [0.2, 0.25) is 0 Å². The van der Waals surface area contributed by atoms with Gasteiger partial charge in [-0.05, 0) is 32.4 Å². The summed E-state index contributed by atoms with van der Waals surface area (Å²) in [7, 11) is 0. The predicted octanol–water partition coefficient (Wildman–Crippen LogP) is 2.74. The Morgan fingerprint density at radius 3 is 3.00 bits per heavy atom. The van der Waals surface area contributed by atoms with E-state index in [0.29, 0.717) is 6.04 Å². The number of para-hydroxylation sites is 1. The molecule has 1 atom stereocenters. The molecule has 1 saturated heterocycles. The van der Waals surface area contributed by atoms with Gasteiger partial charge in [0.2, 0.25) is 0 Å². The monoisotopic (exact) mass is 243 g/mol. The summed E-state index contributed by atoms with van der Waals surface area (Å²) >= 11 is 0. The molecule has 0 aliphatic carbocycles. The van der Waals surface area contributed by atoms with Gasteiger partial charge in [-0.3, -0.25) is 4.68 Å². The number of aromatic nitrogens is 2. The van der Waals surface area contributed by atoms with Crippen LogP contribution in [0.4, 0.5) is 0 Å². The summed E-state index contributed by atoms with van der Waals surface area (Å²) < 4.78 is 2.12. The number of fused-ring (bicyclic) bond motifs is 1. The maximum absolute atomic E-state index is 4.78. The molecule has 3 heteroatoms. The van der Waals surface area contributed by atoms with Gasteiger partial charge >= 0.3 is 0 Å². The Morgan fingerprint density at radius 1 is 1.33 bits per heavy atom. The fraction of sp³-hybridized carbons (Fsp3) is 0.533. The van der Waals surface area contributed by atoms with E-state index in [1.807, 2.05) is 0 Å². The molecule has 3 rings (SSSR count). The van der Waals surface area contributed by atoms with Crippen molar-refractivity contribution in [3.8, 4) is 0 Å². The summed E-state index contributed by atoms with van der Waals surface area (Å²) in [5.41, 5.74) is 2.53. The van der Waals surface area contributed by atoms with E-state index in [9.17, 15) is 0 Å². The number of rotatable bonds is 3. The van der Waals surface area contributed by atoms with Crippen LogP contribution < -0.4 is 5.32 Å². The van der Waals surface area contributed by atoms with Crippen LogP contribution in [-0.4, -0.2) is 22.4 Å². The lowest BCUT2D eigenvalue weighted by Gasteiger charge is -2.22. The third kappa shape index (κ3) is 2.15. The quantitative estimate of drug-likeness (QED) is 0.898. The van der Waals surface area contributed by atoms with Crippen LogP contribution in [0.5, 0.6) is 0 Å². The van der Waals surface area contributed by atoms with Crippen molar-refractivity contribution in [2.45, 2.75) is 45.2 Å². The molecular formula is C15H21N3. The van der Waals surface area contributed by atoms with Gasteiger partial charge in [0, 0.05) is 24.4 Å². The Bertz CT molecular complexity index is 524. The lowest BCUT2D eigenvalue weighted by molar-refractivity contribution is 0.396. The minimum absolute atomic E-state index is 0.613. The SMILES string of the molecule is CCn1nc(CC2CCCCN2)c2ccccc21. The van der Waals surface area contributed by atoms with E-state index in [2.05, 4.69) is 41.2 Å². The molecule has 2 aromatic rings. The van der Waals surface area contributed by atoms with Crippen LogP contribution in [0.1, 0.15) is 31.9 Å². The van der Waals surface area contributed by atoms with Gasteiger partial charge in [0.25, 0.3) is 0 Å². The van der Waals surface area contributed by atoms with Gasteiger partial charge in [-0.2, -0.15) is 5.10 Å². The van der Waals surface area contributed by atoms with Crippen molar-refractivity contribution in [2.75, 3.05) is 6.54 Å². The van der Waals surface area contributed by atoms with Gasteiger partial charge < -0.3 is 5.32 Å². The minimum atomic E-state index is 0.613. The Balaban J connectivity index is 1.91. The smallest absolute Gasteiger partial charge is 0.0718 e. The third-order valence-electron chi connectivity index (χ3n) is 3.89. The van der Waals surface area contributed by atoms with Crippen LogP contribution in [-0.2, 0) is 13.0 Å². The number of nitrogens with one attached hydrogen (secondary N) is 1. The van der Waals surface area contributed by atoms with Crippen LogP contribution in [0.25, 0.3) is 10.9 Å². The average molecular weight is 243 g/mol. The molecule has 0 spiro atoms. The topological polar surface area (TPSA) is 29.9 Å². The molecule has 1 aromatic carbocycles. The summed E-state index contributed by atoms with van der Waals surface area (Å²) in [5.74, 6) is 0. The van der Waals surface area contributed by atoms with Gasteiger partial charge in [0.05, 0.1) is 11.2 Å². The van der Waals surface area contributed by atoms with Crippen molar-refractivity contribution >= 4 is 10.9 Å². The maximum Gasteiger partial charge on any atom is 0.0718 e. The number of hydrogen-bond acceptors (Lipinski definition) is 2. The zero-order valence-electron chi connectivity index (χ0n) is 11.0. The van der Waals surface area contributed by atoms with Crippen LogP contribution >= 0.6 is 0 Å². The van der Waals surface area contributed by atoms with Crippen LogP contribution in [0.3, 0.4) is 0 Å². The third-order valence-corrected chi connectivity index (χ3v) is 3.89. The van der Waals surface area contributed by atoms with E-state index in [1.165, 1.54) is 35.9 Å². The van der Waals surface area contributed by atoms with Gasteiger partial charge in [-0.25, -0.2) is 0 Å². The van der Waals surface area contributed by atoms with E-state index in [1.54, 1.807) is 0 Å². The van der Waals surface area contributed by atoms with Crippen molar-refractivity contribution < 1.29 is 0 Å². The number of aryl methyl sites for hydroxylation is 1. The van der Waals surface area contributed by atoms with E-state index in [4.69, 9.17) is 5.10 Å². The second kappa shape index (κ2) is 5.11. The predicted molar refractivity (Wildman–Crippen MR) is 74.8 cm³/mol. The summed E-state index contributed by atoms with van der Waals surface area (Å²) in [6.07, 6.45) is 5.02. The standard InChI is InChI=1S/C15H21N3/c1-2-18-15-9-4-3-8-13(15)14(17-18)11-12-7-5-6-10-16-12/h3-4,8-9,12,16H,2,5-7,10-11H2,1H3. The molecule has 0 bridgehead atoms. The van der Waals surface area contributed by atoms with Crippen LogP contribution in [0, 0.1) is 0 Å². The van der Waals surface area contributed by atoms with E-state index >= 15 is 0 Å². The molecular weight excluding hydrogens is 222 g/mol. The first-order valence-corrected chi connectivity index (χ1v) is 7.06. The molecule has 1 unspecified atom stereocenters. The van der Waals surface area contributed by atoms with Crippen molar-refractivity contribution in [2.24, 2.45) is 0 Å². The summed E-state index contributed by atoms with van der Waals surface area (Å²) in [5, 5.41) is 9.71. The zero-order chi connectivity index (χ0) is 12.4. The van der Waals surface area contributed by atoms with Crippen molar-refractivity contribution in [3.63, 3.8) is 0 Å². The normalized spacial score (nSPS) is 20.4. The lowest BCUT2D eigenvalue weighted by atomic mass is 9.99. The second-order valence-electron chi connectivity index (χ2n) is 5.13. The second-order valence-corrected chi connectivity index (χ2v) is 5.13. The van der Waals surface area contributed by atoms with E-state index in [-0.39, 0.29) is 0 Å². The number of nitrogens with zero attached hydrogens (tertiary/aromatic N) is 2. The first kappa shape index (κ1) is 11.7. The summed E-state index contributed by atoms with van der Waals surface area (Å²) in [6.45, 7) is 4.26. The number of hydrogen-bond donors (Lipinski definition) is 1. The van der Waals surface area contributed by atoms with Gasteiger partial charge in [0.15, 0.2) is 0 Å². The van der Waals surface area contributed by atoms with Gasteiger partial charge in [-0.1, -0.05) is 24.6 Å². The highest BCUT2D eigenvalue weighted by atomic mass is 15.3. The highest BCUT2D eigenvalue weighted by Gasteiger charge is 2.17. The molecule has 1 aliphatic rings. The van der Waals surface area contributed by atoms with Crippen molar-refractivity contribution in [3.05, 3.63) is 30.0 Å². The largest absolute Gasteiger partial charge is 0.314 e. The van der Waals surface area contributed by atoms with Crippen molar-refractivity contribution in [1.82, 2.24) is 15.1 Å². The molecule has 18 heavy (non-hydrogen) atoms. The molecule has 0 saturated carbocycles. The minimum Gasteiger partial charge on any atom is -0.314 e.